The molecule has 0 aliphatic carbocycles. The Bertz CT molecular complexity index is 680. The van der Waals surface area contributed by atoms with Gasteiger partial charge in [0, 0.05) is 43.5 Å². The summed E-state index contributed by atoms with van der Waals surface area (Å²) in [5.74, 6) is 0. The van der Waals surface area contributed by atoms with Crippen molar-refractivity contribution in [3.8, 4) is 11.1 Å². The molecule has 1 aromatic carbocycles. The van der Waals surface area contributed by atoms with Gasteiger partial charge in [0.25, 0.3) is 5.69 Å². The third-order valence-corrected chi connectivity index (χ3v) is 4.02. The topological polar surface area (TPSA) is 93.7 Å². The maximum Gasteiger partial charge on any atom is 0.269 e. The van der Waals surface area contributed by atoms with E-state index >= 15 is 0 Å². The van der Waals surface area contributed by atoms with Crippen molar-refractivity contribution in [2.45, 2.75) is 12.6 Å². The molecule has 0 saturated carbocycles. The Balaban J connectivity index is 1.59. The van der Waals surface area contributed by atoms with Crippen molar-refractivity contribution in [1.82, 2.24) is 14.7 Å². The zero-order valence-corrected chi connectivity index (χ0v) is 13.2. The number of nitro groups is 1. The first-order valence-corrected chi connectivity index (χ1v) is 7.87. The van der Waals surface area contributed by atoms with Crippen molar-refractivity contribution in [3.63, 3.8) is 0 Å². The second-order valence-corrected chi connectivity index (χ2v) is 5.82. The summed E-state index contributed by atoms with van der Waals surface area (Å²) in [5.41, 5.74) is 1.78. The Morgan fingerprint density at radius 3 is 2.58 bits per heavy atom. The first kappa shape index (κ1) is 16.6. The van der Waals surface area contributed by atoms with E-state index in [-0.39, 0.29) is 5.69 Å². The molecule has 8 heteroatoms. The molecule has 1 atom stereocenters. The molecule has 24 heavy (non-hydrogen) atoms. The third kappa shape index (κ3) is 4.16. The van der Waals surface area contributed by atoms with E-state index in [1.807, 2.05) is 6.20 Å². The molecule has 1 N–H and O–H groups in total. The quantitative estimate of drug-likeness (QED) is 0.630. The molecule has 1 fully saturated rings. The van der Waals surface area contributed by atoms with Crippen LogP contribution in [0.1, 0.15) is 0 Å². The SMILES string of the molecule is O=[N+]([O-])c1ccc(-c2cnn(CC(O)CN3CCOCC3)c2)cc1. The Kier molecular flexibility index (Phi) is 5.19. The van der Waals surface area contributed by atoms with Gasteiger partial charge in [0.05, 0.1) is 37.0 Å². The van der Waals surface area contributed by atoms with E-state index in [0.717, 1.165) is 24.2 Å². The van der Waals surface area contributed by atoms with Gasteiger partial charge in [0.1, 0.15) is 0 Å². The van der Waals surface area contributed by atoms with Crippen LogP contribution in [0.25, 0.3) is 11.1 Å². The normalized spacial score (nSPS) is 16.9. The molecule has 1 aromatic heterocycles. The van der Waals surface area contributed by atoms with Crippen LogP contribution in [0.5, 0.6) is 0 Å². The molecule has 2 aromatic rings. The van der Waals surface area contributed by atoms with E-state index in [1.54, 1.807) is 23.0 Å². The lowest BCUT2D eigenvalue weighted by molar-refractivity contribution is -0.384. The van der Waals surface area contributed by atoms with Gasteiger partial charge in [-0.15, -0.1) is 0 Å². The smallest absolute Gasteiger partial charge is 0.269 e. The second-order valence-electron chi connectivity index (χ2n) is 5.82. The summed E-state index contributed by atoms with van der Waals surface area (Å²) in [6.45, 7) is 4.09. The van der Waals surface area contributed by atoms with Crippen molar-refractivity contribution in [1.29, 1.82) is 0 Å². The van der Waals surface area contributed by atoms with E-state index in [1.165, 1.54) is 12.1 Å². The highest BCUT2D eigenvalue weighted by atomic mass is 16.6. The average molecular weight is 332 g/mol. The van der Waals surface area contributed by atoms with Crippen LogP contribution in [-0.2, 0) is 11.3 Å². The lowest BCUT2D eigenvalue weighted by atomic mass is 10.1. The third-order valence-electron chi connectivity index (χ3n) is 4.02. The van der Waals surface area contributed by atoms with Crippen molar-refractivity contribution >= 4 is 5.69 Å². The lowest BCUT2D eigenvalue weighted by Crippen LogP contribution is -2.42. The molecule has 1 unspecified atom stereocenters. The molecular formula is C16H20N4O4. The molecule has 3 rings (SSSR count). The number of hydrogen-bond acceptors (Lipinski definition) is 6. The molecule has 8 nitrogen and oxygen atoms in total. The van der Waals surface area contributed by atoms with E-state index in [2.05, 4.69) is 10.00 Å². The fraction of sp³-hybridized carbons (Fsp3) is 0.438. The zero-order valence-electron chi connectivity index (χ0n) is 13.2. The Labute approximate surface area is 139 Å². The van der Waals surface area contributed by atoms with Crippen molar-refractivity contribution in [3.05, 3.63) is 46.8 Å². The van der Waals surface area contributed by atoms with Crippen LogP contribution in [0.2, 0.25) is 0 Å². The maximum absolute atomic E-state index is 10.7. The molecule has 1 saturated heterocycles. The number of benzene rings is 1. The van der Waals surface area contributed by atoms with Gasteiger partial charge in [-0.2, -0.15) is 5.10 Å². The summed E-state index contributed by atoms with van der Waals surface area (Å²) < 4.78 is 6.99. The average Bonchev–Trinajstić information content (AvgIpc) is 3.04. The molecule has 0 amide bonds. The predicted molar refractivity (Wildman–Crippen MR) is 87.6 cm³/mol. The van der Waals surface area contributed by atoms with E-state index < -0.39 is 11.0 Å². The van der Waals surface area contributed by atoms with Crippen LogP contribution in [0, 0.1) is 10.1 Å². The first-order chi connectivity index (χ1) is 11.6. The molecule has 0 radical (unpaired) electrons. The summed E-state index contributed by atoms with van der Waals surface area (Å²) in [7, 11) is 0. The van der Waals surface area contributed by atoms with Crippen LogP contribution in [0.15, 0.2) is 36.7 Å². The number of morpholine rings is 1. The summed E-state index contributed by atoms with van der Waals surface area (Å²) in [5, 5.41) is 25.2. The van der Waals surface area contributed by atoms with Crippen LogP contribution in [0.4, 0.5) is 5.69 Å². The standard InChI is InChI=1S/C16H20N4O4/c21-16(11-18-5-7-24-8-6-18)12-19-10-14(9-17-19)13-1-3-15(4-2-13)20(22)23/h1-4,9-10,16,21H,5-8,11-12H2. The van der Waals surface area contributed by atoms with E-state index in [9.17, 15) is 15.2 Å². The number of non-ortho nitro benzene ring substituents is 1. The van der Waals surface area contributed by atoms with Gasteiger partial charge in [-0.3, -0.25) is 19.7 Å². The second kappa shape index (κ2) is 7.52. The molecule has 1 aliphatic rings. The molecule has 0 spiro atoms. The number of rotatable bonds is 6. The number of hydrogen-bond donors (Lipinski definition) is 1. The number of nitro benzene ring substituents is 1. The van der Waals surface area contributed by atoms with Gasteiger partial charge in [-0.1, -0.05) is 0 Å². The minimum Gasteiger partial charge on any atom is -0.390 e. The molecule has 128 valence electrons. The number of aliphatic hydroxyl groups is 1. The van der Waals surface area contributed by atoms with Crippen LogP contribution in [-0.4, -0.2) is 63.7 Å². The molecular weight excluding hydrogens is 312 g/mol. The van der Waals surface area contributed by atoms with Gasteiger partial charge in [-0.25, -0.2) is 0 Å². The van der Waals surface area contributed by atoms with E-state index in [4.69, 9.17) is 4.74 Å². The summed E-state index contributed by atoms with van der Waals surface area (Å²) in [4.78, 5) is 12.4. The van der Waals surface area contributed by atoms with Crippen molar-refractivity contribution < 1.29 is 14.8 Å². The molecule has 0 bridgehead atoms. The monoisotopic (exact) mass is 332 g/mol. The lowest BCUT2D eigenvalue weighted by Gasteiger charge is -2.28. The number of nitrogens with zero attached hydrogens (tertiary/aromatic N) is 4. The maximum atomic E-state index is 10.7. The Hall–Kier alpha value is -2.29. The molecule has 1 aliphatic heterocycles. The van der Waals surface area contributed by atoms with Gasteiger partial charge in [0.15, 0.2) is 0 Å². The van der Waals surface area contributed by atoms with Gasteiger partial charge < -0.3 is 9.84 Å². The van der Waals surface area contributed by atoms with Crippen molar-refractivity contribution in [2.75, 3.05) is 32.8 Å². The van der Waals surface area contributed by atoms with Crippen LogP contribution in [0.3, 0.4) is 0 Å². The van der Waals surface area contributed by atoms with E-state index in [0.29, 0.717) is 26.3 Å². The highest BCUT2D eigenvalue weighted by Crippen LogP contribution is 2.21. The zero-order chi connectivity index (χ0) is 16.9. The fourth-order valence-electron chi connectivity index (χ4n) is 2.74. The van der Waals surface area contributed by atoms with Crippen molar-refractivity contribution in [2.24, 2.45) is 0 Å². The summed E-state index contributed by atoms with van der Waals surface area (Å²) in [6, 6.07) is 6.34. The van der Waals surface area contributed by atoms with Crippen LogP contribution >= 0.6 is 0 Å². The number of aliphatic hydroxyl groups excluding tert-OH is 1. The number of β-amino-alcohol motifs (C(OH)–C–C–N with tert-alkyl or cyclic N) is 1. The summed E-state index contributed by atoms with van der Waals surface area (Å²) >= 11 is 0. The number of aromatic nitrogens is 2. The van der Waals surface area contributed by atoms with Crippen LogP contribution < -0.4 is 0 Å². The fourth-order valence-corrected chi connectivity index (χ4v) is 2.74. The Morgan fingerprint density at radius 1 is 1.21 bits per heavy atom. The summed E-state index contributed by atoms with van der Waals surface area (Å²) in [6.07, 6.45) is 3.03. The first-order valence-electron chi connectivity index (χ1n) is 7.87. The largest absolute Gasteiger partial charge is 0.390 e. The highest BCUT2D eigenvalue weighted by Gasteiger charge is 2.16. The van der Waals surface area contributed by atoms with Gasteiger partial charge in [-0.05, 0) is 17.7 Å². The Morgan fingerprint density at radius 2 is 1.92 bits per heavy atom. The van der Waals surface area contributed by atoms with Gasteiger partial charge in [0.2, 0.25) is 0 Å². The predicted octanol–water partition coefficient (Wildman–Crippen LogP) is 1.15. The minimum absolute atomic E-state index is 0.0621. The number of ether oxygens (including phenoxy) is 1. The molecule has 2 heterocycles. The highest BCUT2D eigenvalue weighted by molar-refractivity contribution is 5.63. The minimum atomic E-state index is -0.507. The van der Waals surface area contributed by atoms with Gasteiger partial charge >= 0.3 is 0 Å².